The monoisotopic (exact) mass is 328 g/mol. The summed E-state index contributed by atoms with van der Waals surface area (Å²) >= 11 is 1.22. The summed E-state index contributed by atoms with van der Waals surface area (Å²) in [5.41, 5.74) is 4.46. The van der Waals surface area contributed by atoms with E-state index in [9.17, 15) is 4.79 Å². The lowest BCUT2D eigenvalue weighted by atomic mass is 10.0. The van der Waals surface area contributed by atoms with Crippen molar-refractivity contribution >= 4 is 28.5 Å². The third-order valence-electron chi connectivity index (χ3n) is 3.94. The number of hydrogen-bond donors (Lipinski definition) is 0. The maximum Gasteiger partial charge on any atom is 0.350 e. The van der Waals surface area contributed by atoms with Crippen LogP contribution in [0.3, 0.4) is 0 Å². The predicted octanol–water partition coefficient (Wildman–Crippen LogP) is 3.15. The second-order valence-corrected chi connectivity index (χ2v) is 6.40. The number of fused-ring (bicyclic) bond motifs is 1. The van der Waals surface area contributed by atoms with Gasteiger partial charge in [0.05, 0.1) is 12.3 Å². The second-order valence-electron chi connectivity index (χ2n) is 5.63. The van der Waals surface area contributed by atoms with E-state index >= 15 is 0 Å². The van der Waals surface area contributed by atoms with Gasteiger partial charge in [-0.15, -0.1) is 0 Å². The van der Waals surface area contributed by atoms with E-state index < -0.39 is 0 Å². The fraction of sp³-hybridized carbons (Fsp3) is 0.375. The van der Waals surface area contributed by atoms with Crippen LogP contribution in [0.5, 0.6) is 0 Å². The molecule has 0 N–H and O–H groups in total. The number of ether oxygens (including phenoxy) is 1. The van der Waals surface area contributed by atoms with Gasteiger partial charge in [-0.25, -0.2) is 4.79 Å². The number of aryl methyl sites for hydroxylation is 1. The molecule has 0 aliphatic heterocycles. The van der Waals surface area contributed by atoms with Crippen LogP contribution < -0.4 is 0 Å². The molecular formula is C16H16N4O2S. The molecule has 23 heavy (non-hydrogen) atoms. The molecule has 7 heteroatoms. The van der Waals surface area contributed by atoms with E-state index in [1.165, 1.54) is 11.5 Å². The number of carbonyl (C=O) groups excluding carboxylic acids is 1. The minimum absolute atomic E-state index is 0.274. The van der Waals surface area contributed by atoms with Crippen LogP contribution in [0.2, 0.25) is 0 Å². The highest BCUT2D eigenvalue weighted by molar-refractivity contribution is 7.08. The van der Waals surface area contributed by atoms with Crippen LogP contribution in [0, 0.1) is 0 Å². The van der Waals surface area contributed by atoms with Crippen LogP contribution in [-0.4, -0.2) is 31.9 Å². The lowest BCUT2D eigenvalue weighted by Gasteiger charge is -2.05. The smallest absolute Gasteiger partial charge is 0.350 e. The van der Waals surface area contributed by atoms with Crippen molar-refractivity contribution in [3.05, 3.63) is 28.6 Å². The van der Waals surface area contributed by atoms with Crippen molar-refractivity contribution in [2.24, 2.45) is 7.05 Å². The van der Waals surface area contributed by atoms with Crippen LogP contribution in [0.4, 0.5) is 0 Å². The van der Waals surface area contributed by atoms with Gasteiger partial charge in [-0.2, -0.15) is 19.4 Å². The first-order chi connectivity index (χ1) is 11.2. The first kappa shape index (κ1) is 14.3. The molecule has 0 saturated heterocycles. The van der Waals surface area contributed by atoms with E-state index in [-0.39, 0.29) is 5.97 Å². The molecule has 0 bridgehead atoms. The van der Waals surface area contributed by atoms with E-state index in [4.69, 9.17) is 4.74 Å². The number of benzene rings is 1. The summed E-state index contributed by atoms with van der Waals surface area (Å²) < 4.78 is 9.76. The van der Waals surface area contributed by atoms with Gasteiger partial charge in [0.2, 0.25) is 0 Å². The molecular weight excluding hydrogens is 312 g/mol. The quantitative estimate of drug-likeness (QED) is 0.688. The lowest BCUT2D eigenvalue weighted by molar-refractivity contribution is 0.0531. The fourth-order valence-corrected chi connectivity index (χ4v) is 3.69. The molecule has 2 heterocycles. The van der Waals surface area contributed by atoms with Crippen molar-refractivity contribution < 1.29 is 9.53 Å². The van der Waals surface area contributed by atoms with Crippen LogP contribution in [-0.2, 0) is 11.8 Å². The van der Waals surface area contributed by atoms with Gasteiger partial charge in [0.15, 0.2) is 0 Å². The zero-order valence-corrected chi connectivity index (χ0v) is 13.8. The van der Waals surface area contributed by atoms with E-state index in [2.05, 4.69) is 14.6 Å². The molecule has 0 radical (unpaired) electrons. The Bertz CT molecular complexity index is 895. The number of carbonyl (C=O) groups is 1. The molecule has 0 amide bonds. The van der Waals surface area contributed by atoms with E-state index in [0.717, 1.165) is 40.7 Å². The number of nitrogens with zero attached hydrogens (tertiary/aromatic N) is 4. The Morgan fingerprint density at radius 2 is 2.22 bits per heavy atom. The molecule has 0 unspecified atom stereocenters. The third-order valence-corrected chi connectivity index (χ3v) is 4.78. The number of hydrogen-bond acceptors (Lipinski definition) is 6. The topological polar surface area (TPSA) is 69.9 Å². The Morgan fingerprint density at radius 3 is 2.96 bits per heavy atom. The standard InChI is InChI=1S/C16H16N4O2S/c1-3-22-16(21)15-12(9-7-8-9)14(19-23-15)10-5-4-6-11-13(10)18-20(2)17-11/h4-6,9H,3,7-8H2,1-2H3. The van der Waals surface area contributed by atoms with Gasteiger partial charge in [0, 0.05) is 18.2 Å². The first-order valence-corrected chi connectivity index (χ1v) is 8.43. The predicted molar refractivity (Wildman–Crippen MR) is 87.5 cm³/mol. The van der Waals surface area contributed by atoms with Gasteiger partial charge in [-0.05, 0) is 43.3 Å². The molecule has 4 rings (SSSR count). The van der Waals surface area contributed by atoms with Gasteiger partial charge in [-0.1, -0.05) is 12.1 Å². The normalized spacial score (nSPS) is 14.3. The zero-order valence-electron chi connectivity index (χ0n) is 12.9. The number of esters is 1. The molecule has 1 aliphatic carbocycles. The second kappa shape index (κ2) is 5.42. The summed E-state index contributed by atoms with van der Waals surface area (Å²) in [5.74, 6) is 0.125. The Hall–Kier alpha value is -2.28. The first-order valence-electron chi connectivity index (χ1n) is 7.66. The maximum absolute atomic E-state index is 12.2. The van der Waals surface area contributed by atoms with Gasteiger partial charge in [0.1, 0.15) is 15.9 Å². The van der Waals surface area contributed by atoms with Crippen molar-refractivity contribution in [3.8, 4) is 11.3 Å². The average molecular weight is 328 g/mol. The number of rotatable bonds is 4. The van der Waals surface area contributed by atoms with Crippen molar-refractivity contribution in [1.29, 1.82) is 0 Å². The third kappa shape index (κ3) is 2.41. The average Bonchev–Trinajstić information content (AvgIpc) is 3.15. The molecule has 0 atom stereocenters. The molecule has 118 valence electrons. The summed E-state index contributed by atoms with van der Waals surface area (Å²) in [7, 11) is 1.80. The SMILES string of the molecule is CCOC(=O)c1snc(-c2cccc3nn(C)nc23)c1C1CC1. The summed E-state index contributed by atoms with van der Waals surface area (Å²) in [5, 5.41) is 8.81. The minimum Gasteiger partial charge on any atom is -0.462 e. The maximum atomic E-state index is 12.2. The molecule has 3 aromatic rings. The Kier molecular flexibility index (Phi) is 3.37. The van der Waals surface area contributed by atoms with Crippen molar-refractivity contribution in [2.45, 2.75) is 25.7 Å². The van der Waals surface area contributed by atoms with Crippen molar-refractivity contribution in [1.82, 2.24) is 19.4 Å². The van der Waals surface area contributed by atoms with E-state index in [0.29, 0.717) is 17.4 Å². The number of aromatic nitrogens is 4. The van der Waals surface area contributed by atoms with Gasteiger partial charge >= 0.3 is 5.97 Å². The van der Waals surface area contributed by atoms with Crippen LogP contribution in [0.25, 0.3) is 22.3 Å². The minimum atomic E-state index is -0.274. The van der Waals surface area contributed by atoms with Gasteiger partial charge < -0.3 is 4.74 Å². The molecule has 6 nitrogen and oxygen atoms in total. The van der Waals surface area contributed by atoms with Gasteiger partial charge in [0.25, 0.3) is 0 Å². The van der Waals surface area contributed by atoms with E-state index in [1.807, 2.05) is 25.1 Å². The highest BCUT2D eigenvalue weighted by Gasteiger charge is 2.34. The van der Waals surface area contributed by atoms with Crippen LogP contribution in [0.1, 0.15) is 40.9 Å². The summed E-state index contributed by atoms with van der Waals surface area (Å²) in [4.78, 5) is 14.4. The van der Waals surface area contributed by atoms with Crippen LogP contribution >= 0.6 is 11.5 Å². The van der Waals surface area contributed by atoms with Crippen molar-refractivity contribution in [2.75, 3.05) is 6.61 Å². The Labute approximate surface area is 137 Å². The van der Waals surface area contributed by atoms with E-state index in [1.54, 1.807) is 11.8 Å². The molecule has 1 aromatic carbocycles. The summed E-state index contributed by atoms with van der Waals surface area (Å²) in [6, 6.07) is 5.88. The molecule has 1 saturated carbocycles. The Balaban J connectivity index is 1.89. The van der Waals surface area contributed by atoms with Gasteiger partial charge in [-0.3, -0.25) is 0 Å². The fourth-order valence-electron chi connectivity index (χ4n) is 2.82. The summed E-state index contributed by atoms with van der Waals surface area (Å²) in [6.07, 6.45) is 2.18. The molecule has 1 fully saturated rings. The van der Waals surface area contributed by atoms with Crippen LogP contribution in [0.15, 0.2) is 18.2 Å². The molecule has 1 aliphatic rings. The largest absolute Gasteiger partial charge is 0.462 e. The summed E-state index contributed by atoms with van der Waals surface area (Å²) in [6.45, 7) is 2.19. The van der Waals surface area contributed by atoms with Crippen molar-refractivity contribution in [3.63, 3.8) is 0 Å². The zero-order chi connectivity index (χ0) is 16.0. The lowest BCUT2D eigenvalue weighted by Crippen LogP contribution is -2.05. The Morgan fingerprint density at radius 1 is 1.39 bits per heavy atom. The highest BCUT2D eigenvalue weighted by Crippen LogP contribution is 2.48. The molecule has 2 aromatic heterocycles. The highest BCUT2D eigenvalue weighted by atomic mass is 32.1. The molecule has 0 spiro atoms.